The third kappa shape index (κ3) is 4.32. The van der Waals surface area contributed by atoms with Crippen LogP contribution in [0.5, 0.6) is 0 Å². The number of carbonyl (C=O) groups excluding carboxylic acids is 1. The molecule has 17 heavy (non-hydrogen) atoms. The average molecular weight is 237 g/mol. The minimum absolute atomic E-state index is 0.200. The van der Waals surface area contributed by atoms with Gasteiger partial charge in [0.2, 0.25) is 5.91 Å². The second kappa shape index (κ2) is 6.10. The Morgan fingerprint density at radius 2 is 2.18 bits per heavy atom. The van der Waals surface area contributed by atoms with E-state index in [-0.39, 0.29) is 6.10 Å². The van der Waals surface area contributed by atoms with E-state index in [0.717, 1.165) is 0 Å². The standard InChI is InChI=1S/C12H19N3O2/c1-8(2)17-6-5-15-11-7-9(12(14)16)3-4-10(11)13/h3-4,7-8,15H,5-6,13H2,1-2H3,(H2,14,16). The Bertz CT molecular complexity index is 391. The highest BCUT2D eigenvalue weighted by molar-refractivity contribution is 5.94. The van der Waals surface area contributed by atoms with Crippen molar-refractivity contribution in [3.8, 4) is 0 Å². The third-order valence-electron chi connectivity index (χ3n) is 2.21. The van der Waals surface area contributed by atoms with Crippen molar-refractivity contribution in [1.29, 1.82) is 0 Å². The zero-order valence-corrected chi connectivity index (χ0v) is 10.2. The Kier molecular flexibility index (Phi) is 4.78. The lowest BCUT2D eigenvalue weighted by Crippen LogP contribution is -2.15. The quantitative estimate of drug-likeness (QED) is 0.512. The largest absolute Gasteiger partial charge is 0.397 e. The van der Waals surface area contributed by atoms with Crippen molar-refractivity contribution in [2.24, 2.45) is 5.73 Å². The fraction of sp³-hybridized carbons (Fsp3) is 0.417. The van der Waals surface area contributed by atoms with Crippen LogP contribution in [0.25, 0.3) is 0 Å². The van der Waals surface area contributed by atoms with E-state index < -0.39 is 5.91 Å². The van der Waals surface area contributed by atoms with Crippen LogP contribution in [-0.2, 0) is 4.74 Å². The van der Waals surface area contributed by atoms with Crippen LogP contribution < -0.4 is 16.8 Å². The highest BCUT2D eigenvalue weighted by Gasteiger charge is 2.04. The van der Waals surface area contributed by atoms with Crippen molar-refractivity contribution in [2.75, 3.05) is 24.2 Å². The predicted octanol–water partition coefficient (Wildman–Crippen LogP) is 1.20. The molecule has 0 saturated heterocycles. The Hall–Kier alpha value is -1.75. The molecule has 1 rings (SSSR count). The predicted molar refractivity (Wildman–Crippen MR) is 69.0 cm³/mol. The molecule has 0 atom stereocenters. The molecule has 0 saturated carbocycles. The topological polar surface area (TPSA) is 90.4 Å². The molecular weight excluding hydrogens is 218 g/mol. The number of nitrogens with two attached hydrogens (primary N) is 2. The third-order valence-corrected chi connectivity index (χ3v) is 2.21. The van der Waals surface area contributed by atoms with Gasteiger partial charge < -0.3 is 21.5 Å². The Morgan fingerprint density at radius 3 is 2.76 bits per heavy atom. The summed E-state index contributed by atoms with van der Waals surface area (Å²) in [5.74, 6) is -0.466. The van der Waals surface area contributed by atoms with Crippen LogP contribution in [0.4, 0.5) is 11.4 Å². The summed E-state index contributed by atoms with van der Waals surface area (Å²) in [6.45, 7) is 5.16. The number of carbonyl (C=O) groups is 1. The number of hydrogen-bond acceptors (Lipinski definition) is 4. The van der Waals surface area contributed by atoms with Crippen molar-refractivity contribution < 1.29 is 9.53 Å². The van der Waals surface area contributed by atoms with Gasteiger partial charge in [-0.15, -0.1) is 0 Å². The Balaban J connectivity index is 2.57. The number of benzene rings is 1. The zero-order valence-electron chi connectivity index (χ0n) is 10.2. The molecule has 5 heteroatoms. The molecule has 5 N–H and O–H groups in total. The highest BCUT2D eigenvalue weighted by atomic mass is 16.5. The number of rotatable bonds is 6. The highest BCUT2D eigenvalue weighted by Crippen LogP contribution is 2.19. The van der Waals surface area contributed by atoms with Crippen LogP contribution in [-0.4, -0.2) is 25.2 Å². The number of amides is 1. The Morgan fingerprint density at radius 1 is 1.47 bits per heavy atom. The van der Waals surface area contributed by atoms with E-state index in [9.17, 15) is 4.79 Å². The van der Waals surface area contributed by atoms with Gasteiger partial charge in [-0.25, -0.2) is 0 Å². The van der Waals surface area contributed by atoms with Gasteiger partial charge in [-0.1, -0.05) is 0 Å². The molecule has 5 nitrogen and oxygen atoms in total. The van der Waals surface area contributed by atoms with Gasteiger partial charge in [0, 0.05) is 12.1 Å². The van der Waals surface area contributed by atoms with Crippen LogP contribution in [0.1, 0.15) is 24.2 Å². The van der Waals surface area contributed by atoms with E-state index in [2.05, 4.69) is 5.32 Å². The van der Waals surface area contributed by atoms with E-state index in [0.29, 0.717) is 30.1 Å². The minimum Gasteiger partial charge on any atom is -0.397 e. The molecule has 1 aromatic carbocycles. The normalized spacial score (nSPS) is 10.5. The van der Waals surface area contributed by atoms with E-state index in [1.807, 2.05) is 13.8 Å². The molecule has 0 fully saturated rings. The van der Waals surface area contributed by atoms with Gasteiger partial charge in [-0.2, -0.15) is 0 Å². The number of nitrogens with one attached hydrogen (secondary N) is 1. The maximum atomic E-state index is 11.0. The molecule has 1 aromatic rings. The van der Waals surface area contributed by atoms with Crippen molar-refractivity contribution in [3.63, 3.8) is 0 Å². The van der Waals surface area contributed by atoms with E-state index in [4.69, 9.17) is 16.2 Å². The first-order valence-corrected chi connectivity index (χ1v) is 5.55. The van der Waals surface area contributed by atoms with Gasteiger partial charge in [0.25, 0.3) is 0 Å². The maximum Gasteiger partial charge on any atom is 0.248 e. The van der Waals surface area contributed by atoms with Crippen molar-refractivity contribution in [3.05, 3.63) is 23.8 Å². The van der Waals surface area contributed by atoms with Crippen LogP contribution in [0.2, 0.25) is 0 Å². The average Bonchev–Trinajstić information content (AvgIpc) is 2.25. The summed E-state index contributed by atoms with van der Waals surface area (Å²) in [7, 11) is 0. The molecular formula is C12H19N3O2. The number of anilines is 2. The van der Waals surface area contributed by atoms with Crippen molar-refractivity contribution >= 4 is 17.3 Å². The molecule has 0 aromatic heterocycles. The molecule has 0 unspecified atom stereocenters. The van der Waals surface area contributed by atoms with Crippen molar-refractivity contribution in [1.82, 2.24) is 0 Å². The van der Waals surface area contributed by atoms with Crippen LogP contribution in [0.3, 0.4) is 0 Å². The SMILES string of the molecule is CC(C)OCCNc1cc(C(N)=O)ccc1N. The van der Waals surface area contributed by atoms with E-state index in [1.54, 1.807) is 18.2 Å². The van der Waals surface area contributed by atoms with Gasteiger partial charge in [-0.05, 0) is 32.0 Å². The van der Waals surface area contributed by atoms with Gasteiger partial charge in [0.05, 0.1) is 24.1 Å². The Labute approximate surface area is 101 Å². The van der Waals surface area contributed by atoms with E-state index in [1.165, 1.54) is 0 Å². The molecule has 1 amide bonds. The first-order valence-electron chi connectivity index (χ1n) is 5.55. The molecule has 0 aliphatic rings. The number of nitrogen functional groups attached to an aromatic ring is 1. The summed E-state index contributed by atoms with van der Waals surface area (Å²) in [4.78, 5) is 11.0. The summed E-state index contributed by atoms with van der Waals surface area (Å²) in [6, 6.07) is 4.91. The molecule has 0 aliphatic heterocycles. The molecule has 0 radical (unpaired) electrons. The lowest BCUT2D eigenvalue weighted by molar-refractivity contribution is 0.0870. The molecule has 0 bridgehead atoms. The number of hydrogen-bond donors (Lipinski definition) is 3. The first-order chi connectivity index (χ1) is 8.00. The monoisotopic (exact) mass is 237 g/mol. The van der Waals surface area contributed by atoms with Gasteiger partial charge in [0.1, 0.15) is 0 Å². The molecule has 94 valence electrons. The second-order valence-corrected chi connectivity index (χ2v) is 4.01. The summed E-state index contributed by atoms with van der Waals surface area (Å²) in [5, 5.41) is 3.11. The number of ether oxygens (including phenoxy) is 1. The zero-order chi connectivity index (χ0) is 12.8. The van der Waals surface area contributed by atoms with Crippen LogP contribution in [0, 0.1) is 0 Å². The minimum atomic E-state index is -0.466. The summed E-state index contributed by atoms with van der Waals surface area (Å²) in [6.07, 6.45) is 0.200. The first kappa shape index (κ1) is 13.3. The summed E-state index contributed by atoms with van der Waals surface area (Å²) < 4.78 is 5.39. The lowest BCUT2D eigenvalue weighted by Gasteiger charge is -2.12. The summed E-state index contributed by atoms with van der Waals surface area (Å²) in [5.41, 5.74) is 12.7. The van der Waals surface area contributed by atoms with Gasteiger partial charge in [0.15, 0.2) is 0 Å². The number of primary amides is 1. The van der Waals surface area contributed by atoms with Crippen LogP contribution >= 0.6 is 0 Å². The van der Waals surface area contributed by atoms with E-state index >= 15 is 0 Å². The van der Waals surface area contributed by atoms with Crippen molar-refractivity contribution in [2.45, 2.75) is 20.0 Å². The fourth-order valence-corrected chi connectivity index (χ4v) is 1.34. The molecule has 0 aliphatic carbocycles. The van der Waals surface area contributed by atoms with Gasteiger partial charge in [-0.3, -0.25) is 4.79 Å². The maximum absolute atomic E-state index is 11.0. The van der Waals surface area contributed by atoms with Crippen LogP contribution in [0.15, 0.2) is 18.2 Å². The van der Waals surface area contributed by atoms with Gasteiger partial charge >= 0.3 is 0 Å². The molecule has 0 heterocycles. The fourth-order valence-electron chi connectivity index (χ4n) is 1.34. The smallest absolute Gasteiger partial charge is 0.248 e. The second-order valence-electron chi connectivity index (χ2n) is 4.01. The molecule has 0 spiro atoms. The lowest BCUT2D eigenvalue weighted by atomic mass is 10.1. The summed E-state index contributed by atoms with van der Waals surface area (Å²) >= 11 is 0.